The second-order valence-corrected chi connectivity index (χ2v) is 7.32. The second kappa shape index (κ2) is 7.57. The standard InChI is InChI=1S/C23H18ClN5O/c24-18-2-1-3-19-17(18)9-11-22(27-19)30-16-7-4-14(5-8-16)13-26-23-28-20-10-6-15(25)12-21(20)29-23/h1-12H,13,25H2,(H2,26,28,29). The van der Waals surface area contributed by atoms with E-state index in [0.29, 0.717) is 34.8 Å². The van der Waals surface area contributed by atoms with Crippen molar-refractivity contribution in [2.24, 2.45) is 0 Å². The van der Waals surface area contributed by atoms with Gasteiger partial charge in [-0.25, -0.2) is 9.97 Å². The maximum atomic E-state index is 6.19. The van der Waals surface area contributed by atoms with Crippen molar-refractivity contribution in [2.75, 3.05) is 11.1 Å². The van der Waals surface area contributed by atoms with Gasteiger partial charge in [0.25, 0.3) is 0 Å². The molecule has 0 unspecified atom stereocenters. The summed E-state index contributed by atoms with van der Waals surface area (Å²) in [5, 5.41) is 4.87. The van der Waals surface area contributed by atoms with Crippen LogP contribution < -0.4 is 15.8 Å². The predicted molar refractivity (Wildman–Crippen MR) is 121 cm³/mol. The molecule has 5 rings (SSSR count). The summed E-state index contributed by atoms with van der Waals surface area (Å²) in [6.45, 7) is 0.627. The molecule has 0 aliphatic heterocycles. The van der Waals surface area contributed by atoms with E-state index in [-0.39, 0.29) is 0 Å². The van der Waals surface area contributed by atoms with Gasteiger partial charge in [-0.05, 0) is 54.1 Å². The number of imidazole rings is 1. The maximum absolute atomic E-state index is 6.19. The van der Waals surface area contributed by atoms with Crippen molar-refractivity contribution in [2.45, 2.75) is 6.54 Å². The summed E-state index contributed by atoms with van der Waals surface area (Å²) >= 11 is 6.19. The molecule has 2 heterocycles. The number of pyridine rings is 1. The van der Waals surface area contributed by atoms with Crippen LogP contribution in [0.15, 0.2) is 72.8 Å². The number of nitrogens with zero attached hydrogens (tertiary/aromatic N) is 2. The zero-order valence-electron chi connectivity index (χ0n) is 15.9. The van der Waals surface area contributed by atoms with Gasteiger partial charge >= 0.3 is 0 Å². The average molecular weight is 416 g/mol. The Morgan fingerprint density at radius 2 is 1.80 bits per heavy atom. The summed E-state index contributed by atoms with van der Waals surface area (Å²) < 4.78 is 5.89. The number of nitrogens with one attached hydrogen (secondary N) is 2. The van der Waals surface area contributed by atoms with E-state index in [0.717, 1.165) is 27.5 Å². The normalized spacial score (nSPS) is 11.1. The van der Waals surface area contributed by atoms with Crippen molar-refractivity contribution in [3.05, 3.63) is 83.4 Å². The molecule has 0 bridgehead atoms. The first-order valence-electron chi connectivity index (χ1n) is 9.45. The van der Waals surface area contributed by atoms with Crippen LogP contribution in [0.1, 0.15) is 5.56 Å². The van der Waals surface area contributed by atoms with Gasteiger partial charge in [-0.3, -0.25) is 0 Å². The fourth-order valence-corrected chi connectivity index (χ4v) is 3.48. The topological polar surface area (TPSA) is 88.8 Å². The van der Waals surface area contributed by atoms with Gasteiger partial charge in [0.2, 0.25) is 11.8 Å². The number of hydrogen-bond donors (Lipinski definition) is 3. The van der Waals surface area contributed by atoms with Gasteiger partial charge in [-0.1, -0.05) is 29.8 Å². The van der Waals surface area contributed by atoms with Crippen molar-refractivity contribution in [1.82, 2.24) is 15.0 Å². The number of aromatic amines is 1. The van der Waals surface area contributed by atoms with Crippen LogP contribution >= 0.6 is 11.6 Å². The number of nitrogen functional groups attached to an aromatic ring is 1. The van der Waals surface area contributed by atoms with Crippen LogP contribution in [0, 0.1) is 0 Å². The van der Waals surface area contributed by atoms with Crippen molar-refractivity contribution in [3.8, 4) is 11.6 Å². The first-order valence-corrected chi connectivity index (χ1v) is 9.83. The van der Waals surface area contributed by atoms with E-state index in [1.54, 1.807) is 0 Å². The summed E-state index contributed by atoms with van der Waals surface area (Å²) in [6, 6.07) is 22.8. The zero-order chi connectivity index (χ0) is 20.5. The molecule has 0 radical (unpaired) electrons. The lowest BCUT2D eigenvalue weighted by Crippen LogP contribution is -2.00. The number of H-pyrrole nitrogens is 1. The molecule has 0 saturated carbocycles. The van der Waals surface area contributed by atoms with Crippen LogP contribution in [0.5, 0.6) is 11.6 Å². The summed E-state index contributed by atoms with van der Waals surface area (Å²) in [4.78, 5) is 12.2. The SMILES string of the molecule is Nc1ccc2nc(NCc3ccc(Oc4ccc5c(Cl)cccc5n4)cc3)[nH]c2c1. The molecule has 4 N–H and O–H groups in total. The first-order chi connectivity index (χ1) is 14.6. The lowest BCUT2D eigenvalue weighted by atomic mass is 10.2. The molecule has 2 aromatic heterocycles. The smallest absolute Gasteiger partial charge is 0.219 e. The highest BCUT2D eigenvalue weighted by atomic mass is 35.5. The third-order valence-electron chi connectivity index (χ3n) is 4.76. The number of benzene rings is 3. The van der Waals surface area contributed by atoms with Crippen LogP contribution in [-0.2, 0) is 6.54 Å². The van der Waals surface area contributed by atoms with E-state index in [1.807, 2.05) is 72.8 Å². The molecule has 5 aromatic rings. The molecular weight excluding hydrogens is 398 g/mol. The molecule has 148 valence electrons. The summed E-state index contributed by atoms with van der Waals surface area (Å²) in [6.07, 6.45) is 0. The Morgan fingerprint density at radius 3 is 2.67 bits per heavy atom. The quantitative estimate of drug-likeness (QED) is 0.318. The molecular formula is C23H18ClN5O. The van der Waals surface area contributed by atoms with E-state index in [1.165, 1.54) is 0 Å². The highest BCUT2D eigenvalue weighted by Crippen LogP contribution is 2.27. The summed E-state index contributed by atoms with van der Waals surface area (Å²) in [5.41, 5.74) is 10.2. The Kier molecular flexibility index (Phi) is 4.61. The molecule has 0 saturated heterocycles. The Bertz CT molecular complexity index is 1350. The van der Waals surface area contributed by atoms with E-state index >= 15 is 0 Å². The van der Waals surface area contributed by atoms with E-state index in [9.17, 15) is 0 Å². The summed E-state index contributed by atoms with van der Waals surface area (Å²) in [5.74, 6) is 1.94. The lowest BCUT2D eigenvalue weighted by molar-refractivity contribution is 0.465. The van der Waals surface area contributed by atoms with E-state index in [2.05, 4.69) is 20.3 Å². The van der Waals surface area contributed by atoms with Gasteiger partial charge in [0.15, 0.2) is 0 Å². The largest absolute Gasteiger partial charge is 0.439 e. The van der Waals surface area contributed by atoms with Gasteiger partial charge in [0.05, 0.1) is 16.6 Å². The highest BCUT2D eigenvalue weighted by Gasteiger charge is 2.05. The van der Waals surface area contributed by atoms with Crippen molar-refractivity contribution < 1.29 is 4.74 Å². The fourth-order valence-electron chi connectivity index (χ4n) is 3.25. The molecule has 0 amide bonds. The maximum Gasteiger partial charge on any atom is 0.219 e. The Labute approximate surface area is 177 Å². The number of nitrogens with two attached hydrogens (primary N) is 1. The van der Waals surface area contributed by atoms with Crippen LogP contribution in [0.2, 0.25) is 5.02 Å². The van der Waals surface area contributed by atoms with Gasteiger partial charge < -0.3 is 20.8 Å². The Hall–Kier alpha value is -3.77. The minimum absolute atomic E-state index is 0.525. The highest BCUT2D eigenvalue weighted by molar-refractivity contribution is 6.35. The van der Waals surface area contributed by atoms with Gasteiger partial charge in [-0.15, -0.1) is 0 Å². The van der Waals surface area contributed by atoms with Gasteiger partial charge in [-0.2, -0.15) is 0 Å². The van der Waals surface area contributed by atoms with Crippen molar-refractivity contribution in [1.29, 1.82) is 0 Å². The van der Waals surface area contributed by atoms with Crippen LogP contribution in [0.25, 0.3) is 21.9 Å². The number of ether oxygens (including phenoxy) is 1. The van der Waals surface area contributed by atoms with E-state index in [4.69, 9.17) is 22.1 Å². The van der Waals surface area contributed by atoms with Gasteiger partial charge in [0, 0.05) is 28.7 Å². The summed E-state index contributed by atoms with van der Waals surface area (Å²) in [7, 11) is 0. The monoisotopic (exact) mass is 415 g/mol. The number of halogens is 1. The van der Waals surface area contributed by atoms with Crippen molar-refractivity contribution >= 4 is 45.2 Å². The fraction of sp³-hybridized carbons (Fsp3) is 0.0435. The lowest BCUT2D eigenvalue weighted by Gasteiger charge is -2.08. The minimum atomic E-state index is 0.525. The Morgan fingerprint density at radius 1 is 0.933 bits per heavy atom. The molecule has 0 aliphatic carbocycles. The molecule has 0 fully saturated rings. The second-order valence-electron chi connectivity index (χ2n) is 6.92. The minimum Gasteiger partial charge on any atom is -0.439 e. The van der Waals surface area contributed by atoms with Crippen LogP contribution in [0.4, 0.5) is 11.6 Å². The predicted octanol–water partition coefficient (Wildman–Crippen LogP) is 5.75. The molecule has 30 heavy (non-hydrogen) atoms. The Balaban J connectivity index is 1.26. The van der Waals surface area contributed by atoms with Crippen LogP contribution in [-0.4, -0.2) is 15.0 Å². The zero-order valence-corrected chi connectivity index (χ0v) is 16.6. The van der Waals surface area contributed by atoms with Gasteiger partial charge in [0.1, 0.15) is 5.75 Å². The average Bonchev–Trinajstić information content (AvgIpc) is 3.15. The number of anilines is 2. The number of fused-ring (bicyclic) bond motifs is 2. The molecule has 7 heteroatoms. The molecule has 0 atom stereocenters. The molecule has 6 nitrogen and oxygen atoms in total. The molecule has 0 spiro atoms. The van der Waals surface area contributed by atoms with Crippen LogP contribution in [0.3, 0.4) is 0 Å². The number of rotatable bonds is 5. The number of hydrogen-bond acceptors (Lipinski definition) is 5. The number of aromatic nitrogens is 3. The van der Waals surface area contributed by atoms with E-state index < -0.39 is 0 Å². The molecule has 0 aliphatic rings. The van der Waals surface area contributed by atoms with Crippen molar-refractivity contribution in [3.63, 3.8) is 0 Å². The third kappa shape index (κ3) is 3.73. The first kappa shape index (κ1) is 18.3. The molecule has 3 aromatic carbocycles. The third-order valence-corrected chi connectivity index (χ3v) is 5.09.